The Bertz CT molecular complexity index is 1100. The summed E-state index contributed by atoms with van der Waals surface area (Å²) in [5.41, 5.74) is 5.95. The molecule has 0 amide bonds. The number of aromatic nitrogens is 2. The van der Waals surface area contributed by atoms with Crippen LogP contribution in [0.25, 0.3) is 0 Å². The number of hydrogen-bond acceptors (Lipinski definition) is 7. The fraction of sp³-hybridized carbons (Fsp3) is 0.591. The predicted octanol–water partition coefficient (Wildman–Crippen LogP) is 1.24. The summed E-state index contributed by atoms with van der Waals surface area (Å²) in [7, 11) is -0.0770. The van der Waals surface area contributed by atoms with Gasteiger partial charge < -0.3 is 20.1 Å². The Labute approximate surface area is 188 Å². The predicted molar refractivity (Wildman–Crippen MR) is 120 cm³/mol. The number of rotatable bonds is 6. The van der Waals surface area contributed by atoms with E-state index in [4.69, 9.17) is 4.74 Å². The van der Waals surface area contributed by atoms with Gasteiger partial charge in [-0.1, -0.05) is 6.07 Å². The summed E-state index contributed by atoms with van der Waals surface area (Å²) in [6.45, 7) is 0.946. The Morgan fingerprint density at radius 3 is 2.53 bits per heavy atom. The molecule has 2 atom stereocenters. The van der Waals surface area contributed by atoms with Crippen LogP contribution in [0.15, 0.2) is 17.2 Å². The molecular formula is C22H31N5O4S. The molecule has 9 nitrogen and oxygen atoms in total. The standard InChI is InChI=1S/C22H31N5O4S/c1-26(2)16-9-10-31-21-19(12-23-27(21)13-16)32(29,30)25-22(28)24-20-17-7-3-5-14(17)11-15-6-4-8-18(15)20/h11-12,16,22,24-25,28H,3-10,13H2,1-2H3. The van der Waals surface area contributed by atoms with Crippen molar-refractivity contribution in [3.8, 4) is 5.88 Å². The van der Waals surface area contributed by atoms with E-state index in [-0.39, 0.29) is 16.8 Å². The second-order valence-corrected chi connectivity index (χ2v) is 10.8. The van der Waals surface area contributed by atoms with Gasteiger partial charge in [0.15, 0.2) is 11.2 Å². The molecule has 0 saturated heterocycles. The van der Waals surface area contributed by atoms with Crippen molar-refractivity contribution in [2.75, 3.05) is 26.0 Å². The first-order valence-electron chi connectivity index (χ1n) is 11.3. The molecule has 174 valence electrons. The number of aliphatic hydroxyl groups excluding tert-OH is 1. The molecule has 3 aliphatic rings. The lowest BCUT2D eigenvalue weighted by Crippen LogP contribution is -2.40. The number of benzene rings is 1. The van der Waals surface area contributed by atoms with Gasteiger partial charge in [-0.05, 0) is 81.3 Å². The van der Waals surface area contributed by atoms with Crippen LogP contribution < -0.4 is 14.8 Å². The monoisotopic (exact) mass is 461 g/mol. The molecule has 2 aromatic rings. The zero-order chi connectivity index (χ0) is 22.5. The number of fused-ring (bicyclic) bond motifs is 3. The fourth-order valence-corrected chi connectivity index (χ4v) is 6.25. The van der Waals surface area contributed by atoms with Crippen molar-refractivity contribution in [1.29, 1.82) is 0 Å². The third-order valence-corrected chi connectivity index (χ3v) is 8.27. The summed E-state index contributed by atoms with van der Waals surface area (Å²) in [5, 5.41) is 18.0. The van der Waals surface area contributed by atoms with E-state index < -0.39 is 16.4 Å². The molecular weight excluding hydrogens is 430 g/mol. The third kappa shape index (κ3) is 3.89. The molecule has 0 spiro atoms. The minimum atomic E-state index is -4.04. The van der Waals surface area contributed by atoms with Gasteiger partial charge in [0.2, 0.25) is 5.88 Å². The highest BCUT2D eigenvalue weighted by atomic mass is 32.2. The third-order valence-electron chi connectivity index (χ3n) is 6.87. The van der Waals surface area contributed by atoms with Crippen LogP contribution in [0.2, 0.25) is 0 Å². The number of nitrogens with one attached hydrogen (secondary N) is 2. The average Bonchev–Trinajstić information content (AvgIpc) is 3.44. The Morgan fingerprint density at radius 1 is 1.19 bits per heavy atom. The fourth-order valence-electron chi connectivity index (χ4n) is 5.19. The maximum Gasteiger partial charge on any atom is 0.251 e. The van der Waals surface area contributed by atoms with Crippen LogP contribution in [0.5, 0.6) is 5.88 Å². The molecule has 2 heterocycles. The molecule has 2 aliphatic carbocycles. The normalized spacial score (nSPS) is 20.9. The molecule has 0 fully saturated rings. The van der Waals surface area contributed by atoms with Gasteiger partial charge in [0, 0.05) is 11.7 Å². The molecule has 0 saturated carbocycles. The summed E-state index contributed by atoms with van der Waals surface area (Å²) in [5.74, 6) is 0.218. The van der Waals surface area contributed by atoms with Crippen LogP contribution in [0.1, 0.15) is 41.5 Å². The topological polar surface area (TPSA) is 109 Å². The second kappa shape index (κ2) is 8.33. The lowest BCUT2D eigenvalue weighted by Gasteiger charge is -2.21. The van der Waals surface area contributed by atoms with E-state index in [1.807, 2.05) is 14.1 Å². The molecule has 0 radical (unpaired) electrons. The van der Waals surface area contributed by atoms with E-state index in [0.29, 0.717) is 13.2 Å². The Kier molecular flexibility index (Phi) is 5.65. The zero-order valence-electron chi connectivity index (χ0n) is 18.6. The van der Waals surface area contributed by atoms with E-state index in [1.54, 1.807) is 4.68 Å². The summed E-state index contributed by atoms with van der Waals surface area (Å²) in [6.07, 6.45) is 6.75. The summed E-state index contributed by atoms with van der Waals surface area (Å²) >= 11 is 0. The van der Waals surface area contributed by atoms with Crippen LogP contribution in [0.4, 0.5) is 5.69 Å². The number of likely N-dealkylation sites (N-methyl/N-ethyl adjacent to an activating group) is 1. The van der Waals surface area contributed by atoms with Gasteiger partial charge in [0.05, 0.1) is 19.3 Å². The van der Waals surface area contributed by atoms with Crippen molar-refractivity contribution in [2.24, 2.45) is 0 Å². The van der Waals surface area contributed by atoms with Crippen molar-refractivity contribution < 1.29 is 18.3 Å². The maximum absolute atomic E-state index is 13.1. The number of sulfonamides is 1. The SMILES string of the molecule is CN(C)C1CCOc2c(S(=O)(=O)NC(O)Nc3c4c(cc5c3CCC5)CCC4)cnn2C1. The average molecular weight is 462 g/mol. The zero-order valence-corrected chi connectivity index (χ0v) is 19.4. The quantitative estimate of drug-likeness (QED) is 0.556. The Hall–Kier alpha value is -2.14. The minimum Gasteiger partial charge on any atom is -0.477 e. The summed E-state index contributed by atoms with van der Waals surface area (Å²) in [6, 6.07) is 2.50. The van der Waals surface area contributed by atoms with Gasteiger partial charge in [0.25, 0.3) is 10.0 Å². The lowest BCUT2D eigenvalue weighted by atomic mass is 9.99. The number of nitrogens with zero attached hydrogens (tertiary/aromatic N) is 3. The van der Waals surface area contributed by atoms with E-state index in [9.17, 15) is 13.5 Å². The molecule has 1 aliphatic heterocycles. The highest BCUT2D eigenvalue weighted by molar-refractivity contribution is 7.89. The summed E-state index contributed by atoms with van der Waals surface area (Å²) in [4.78, 5) is 2.03. The first kappa shape index (κ1) is 21.7. The Morgan fingerprint density at radius 2 is 1.88 bits per heavy atom. The second-order valence-electron chi connectivity index (χ2n) is 9.15. The van der Waals surface area contributed by atoms with Gasteiger partial charge in [-0.15, -0.1) is 0 Å². The van der Waals surface area contributed by atoms with Gasteiger partial charge in [-0.25, -0.2) is 13.1 Å². The highest BCUT2D eigenvalue weighted by Gasteiger charge is 2.31. The van der Waals surface area contributed by atoms with Crippen LogP contribution in [-0.2, 0) is 42.3 Å². The number of aryl methyl sites for hydroxylation is 2. The van der Waals surface area contributed by atoms with Gasteiger partial charge >= 0.3 is 0 Å². The number of anilines is 1. The van der Waals surface area contributed by atoms with E-state index >= 15 is 0 Å². The van der Waals surface area contributed by atoms with Crippen molar-refractivity contribution in [1.82, 2.24) is 19.4 Å². The minimum absolute atomic E-state index is 0.0544. The number of aliphatic hydroxyl groups is 1. The van der Waals surface area contributed by atoms with Crippen LogP contribution in [0, 0.1) is 0 Å². The molecule has 5 rings (SSSR count). The molecule has 1 aromatic heterocycles. The molecule has 10 heteroatoms. The van der Waals surface area contributed by atoms with E-state index in [1.165, 1.54) is 28.5 Å². The number of hydrogen-bond donors (Lipinski definition) is 3. The van der Waals surface area contributed by atoms with Crippen molar-refractivity contribution >= 4 is 15.7 Å². The molecule has 1 aromatic carbocycles. The van der Waals surface area contributed by atoms with Crippen LogP contribution >= 0.6 is 0 Å². The van der Waals surface area contributed by atoms with Crippen molar-refractivity contribution in [2.45, 2.75) is 68.8 Å². The van der Waals surface area contributed by atoms with Crippen molar-refractivity contribution in [3.05, 3.63) is 34.5 Å². The lowest BCUT2D eigenvalue weighted by molar-refractivity contribution is 0.192. The van der Waals surface area contributed by atoms with Gasteiger partial charge in [-0.2, -0.15) is 9.82 Å². The number of ether oxygens (including phenoxy) is 1. The van der Waals surface area contributed by atoms with Gasteiger partial charge in [0.1, 0.15) is 0 Å². The van der Waals surface area contributed by atoms with E-state index in [2.05, 4.69) is 26.1 Å². The molecule has 2 unspecified atom stereocenters. The first-order valence-corrected chi connectivity index (χ1v) is 12.8. The first-order chi connectivity index (χ1) is 15.3. The smallest absolute Gasteiger partial charge is 0.251 e. The van der Waals surface area contributed by atoms with E-state index in [0.717, 1.165) is 50.6 Å². The largest absolute Gasteiger partial charge is 0.477 e. The highest BCUT2D eigenvalue weighted by Crippen LogP contribution is 2.38. The van der Waals surface area contributed by atoms with Crippen molar-refractivity contribution in [3.63, 3.8) is 0 Å². The molecule has 3 N–H and O–H groups in total. The molecule has 0 bridgehead atoms. The van der Waals surface area contributed by atoms with Crippen LogP contribution in [0.3, 0.4) is 0 Å². The van der Waals surface area contributed by atoms with Gasteiger partial charge in [-0.3, -0.25) is 0 Å². The molecule has 32 heavy (non-hydrogen) atoms. The summed E-state index contributed by atoms with van der Waals surface area (Å²) < 4.78 is 35.9. The maximum atomic E-state index is 13.1. The van der Waals surface area contributed by atoms with Crippen LogP contribution in [-0.4, -0.2) is 61.3 Å². The Balaban J connectivity index is 1.37.